The number of benzene rings is 1. The smallest absolute Gasteiger partial charge is 0.154 e. The summed E-state index contributed by atoms with van der Waals surface area (Å²) >= 11 is 5.98. The molecule has 0 aliphatic rings. The van der Waals surface area contributed by atoms with E-state index in [4.69, 9.17) is 11.6 Å². The van der Waals surface area contributed by atoms with Crippen molar-refractivity contribution in [3.8, 4) is 0 Å². The Bertz CT molecular complexity index is 488. The summed E-state index contributed by atoms with van der Waals surface area (Å²) in [5, 5.41) is 3.81. The molecule has 108 valence electrons. The highest BCUT2D eigenvalue weighted by Gasteiger charge is 2.15. The molecule has 0 aliphatic carbocycles. The van der Waals surface area contributed by atoms with Gasteiger partial charge < -0.3 is 5.32 Å². The maximum Gasteiger partial charge on any atom is 0.154 e. The number of halogens is 1. The standard InChI is InChI=1S/C14H22ClNO2S/c1-3-9-16-12(2)8-10-19(17,18)11-13-6-4-5-7-14(13)15/h4-7,12,16H,3,8-11H2,1-2H3. The van der Waals surface area contributed by atoms with E-state index in [1.807, 2.05) is 13.0 Å². The third kappa shape index (κ3) is 6.41. The molecule has 0 aromatic heterocycles. The fourth-order valence-electron chi connectivity index (χ4n) is 1.77. The highest BCUT2D eigenvalue weighted by molar-refractivity contribution is 7.90. The van der Waals surface area contributed by atoms with Gasteiger partial charge in [-0.05, 0) is 37.9 Å². The van der Waals surface area contributed by atoms with Crippen molar-refractivity contribution in [3.05, 3.63) is 34.9 Å². The predicted octanol–water partition coefficient (Wildman–Crippen LogP) is 3.03. The number of nitrogens with one attached hydrogen (secondary N) is 1. The zero-order valence-corrected chi connectivity index (χ0v) is 13.1. The fraction of sp³-hybridized carbons (Fsp3) is 0.571. The number of hydrogen-bond acceptors (Lipinski definition) is 3. The quantitative estimate of drug-likeness (QED) is 0.803. The largest absolute Gasteiger partial charge is 0.314 e. The number of rotatable bonds is 8. The predicted molar refractivity (Wildman–Crippen MR) is 81.3 cm³/mol. The molecule has 0 saturated heterocycles. The molecular weight excluding hydrogens is 282 g/mol. The number of hydrogen-bond donors (Lipinski definition) is 1. The summed E-state index contributed by atoms with van der Waals surface area (Å²) in [6.45, 7) is 5.03. The Balaban J connectivity index is 2.51. The van der Waals surface area contributed by atoms with Gasteiger partial charge in [-0.3, -0.25) is 0 Å². The molecule has 0 bridgehead atoms. The topological polar surface area (TPSA) is 46.2 Å². The van der Waals surface area contributed by atoms with Crippen LogP contribution in [0.3, 0.4) is 0 Å². The van der Waals surface area contributed by atoms with Crippen molar-refractivity contribution in [1.82, 2.24) is 5.32 Å². The van der Waals surface area contributed by atoms with Crippen molar-refractivity contribution < 1.29 is 8.42 Å². The normalized spacial score (nSPS) is 13.4. The van der Waals surface area contributed by atoms with Gasteiger partial charge in [0.15, 0.2) is 9.84 Å². The first-order chi connectivity index (χ1) is 8.94. The summed E-state index contributed by atoms with van der Waals surface area (Å²) in [5.74, 6) is 0.212. The molecule has 1 aromatic carbocycles. The van der Waals surface area contributed by atoms with E-state index in [0.29, 0.717) is 17.0 Å². The van der Waals surface area contributed by atoms with Crippen LogP contribution in [0.5, 0.6) is 0 Å². The van der Waals surface area contributed by atoms with Crippen molar-refractivity contribution in [1.29, 1.82) is 0 Å². The van der Waals surface area contributed by atoms with Gasteiger partial charge >= 0.3 is 0 Å². The van der Waals surface area contributed by atoms with Crippen molar-refractivity contribution in [3.63, 3.8) is 0 Å². The molecule has 19 heavy (non-hydrogen) atoms. The molecule has 0 saturated carbocycles. The van der Waals surface area contributed by atoms with Crippen LogP contribution in [0.25, 0.3) is 0 Å². The maximum atomic E-state index is 12.0. The molecule has 1 unspecified atom stereocenters. The summed E-state index contributed by atoms with van der Waals surface area (Å²) in [7, 11) is -3.10. The van der Waals surface area contributed by atoms with Crippen molar-refractivity contribution in [2.75, 3.05) is 12.3 Å². The first-order valence-corrected chi connectivity index (χ1v) is 8.81. The summed E-state index contributed by atoms with van der Waals surface area (Å²) < 4.78 is 24.1. The molecule has 0 radical (unpaired) electrons. The van der Waals surface area contributed by atoms with Crippen LogP contribution in [0.4, 0.5) is 0 Å². The van der Waals surface area contributed by atoms with Gasteiger partial charge in [0.2, 0.25) is 0 Å². The van der Waals surface area contributed by atoms with Gasteiger partial charge in [0, 0.05) is 11.1 Å². The van der Waals surface area contributed by atoms with E-state index in [2.05, 4.69) is 12.2 Å². The lowest BCUT2D eigenvalue weighted by Gasteiger charge is -2.13. The van der Waals surface area contributed by atoms with E-state index in [1.54, 1.807) is 18.2 Å². The summed E-state index contributed by atoms with van der Waals surface area (Å²) in [6.07, 6.45) is 1.68. The Morgan fingerprint density at radius 1 is 1.32 bits per heavy atom. The van der Waals surface area contributed by atoms with Gasteiger partial charge in [-0.15, -0.1) is 0 Å². The van der Waals surface area contributed by atoms with Gasteiger partial charge in [-0.2, -0.15) is 0 Å². The van der Waals surface area contributed by atoms with Crippen molar-refractivity contribution in [2.24, 2.45) is 0 Å². The monoisotopic (exact) mass is 303 g/mol. The highest BCUT2D eigenvalue weighted by Crippen LogP contribution is 2.18. The minimum atomic E-state index is -3.10. The molecule has 0 amide bonds. The Labute approximate surface area is 121 Å². The van der Waals surface area contributed by atoms with Gasteiger partial charge in [-0.25, -0.2) is 8.42 Å². The van der Waals surface area contributed by atoms with Crippen molar-refractivity contribution in [2.45, 2.75) is 38.5 Å². The van der Waals surface area contributed by atoms with E-state index < -0.39 is 9.84 Å². The molecule has 1 aromatic rings. The zero-order chi connectivity index (χ0) is 14.3. The summed E-state index contributed by atoms with van der Waals surface area (Å²) in [4.78, 5) is 0. The molecule has 0 fully saturated rings. The van der Waals surface area contributed by atoms with Crippen LogP contribution in [0.1, 0.15) is 32.3 Å². The molecule has 0 spiro atoms. The summed E-state index contributed by atoms with van der Waals surface area (Å²) in [5.41, 5.74) is 0.679. The van der Waals surface area contributed by atoms with Gasteiger partial charge in [0.1, 0.15) is 0 Å². The van der Waals surface area contributed by atoms with Gasteiger partial charge in [0.25, 0.3) is 0 Å². The Kier molecular flexibility index (Phi) is 6.83. The second-order valence-electron chi connectivity index (χ2n) is 4.83. The molecule has 5 heteroatoms. The lowest BCUT2D eigenvalue weighted by molar-refractivity contribution is 0.525. The average Bonchev–Trinajstić information content (AvgIpc) is 2.36. The SMILES string of the molecule is CCCNC(C)CCS(=O)(=O)Cc1ccccc1Cl. The second kappa shape index (κ2) is 7.88. The molecular formula is C14H22ClNO2S. The first kappa shape index (κ1) is 16.5. The Morgan fingerprint density at radius 3 is 2.63 bits per heavy atom. The Hall–Kier alpha value is -0.580. The van der Waals surface area contributed by atoms with Crippen LogP contribution >= 0.6 is 11.6 Å². The molecule has 0 aliphatic heterocycles. The first-order valence-electron chi connectivity index (χ1n) is 6.62. The lowest BCUT2D eigenvalue weighted by Crippen LogP contribution is -2.29. The van der Waals surface area contributed by atoms with Crippen LogP contribution in [0, 0.1) is 0 Å². The fourth-order valence-corrected chi connectivity index (χ4v) is 3.64. The van der Waals surface area contributed by atoms with E-state index in [1.165, 1.54) is 0 Å². The molecule has 0 heterocycles. The van der Waals surface area contributed by atoms with E-state index in [-0.39, 0.29) is 17.5 Å². The van der Waals surface area contributed by atoms with Gasteiger partial charge in [0.05, 0.1) is 11.5 Å². The van der Waals surface area contributed by atoms with Gasteiger partial charge in [-0.1, -0.05) is 36.7 Å². The van der Waals surface area contributed by atoms with E-state index >= 15 is 0 Å². The van der Waals surface area contributed by atoms with Crippen LogP contribution < -0.4 is 5.32 Å². The minimum absolute atomic E-state index is 0.0210. The number of sulfone groups is 1. The average molecular weight is 304 g/mol. The van der Waals surface area contributed by atoms with Crippen LogP contribution in [-0.2, 0) is 15.6 Å². The maximum absolute atomic E-state index is 12.0. The summed E-state index contributed by atoms with van der Waals surface area (Å²) in [6, 6.07) is 7.31. The van der Waals surface area contributed by atoms with Crippen LogP contribution in [0.15, 0.2) is 24.3 Å². The molecule has 3 nitrogen and oxygen atoms in total. The van der Waals surface area contributed by atoms with E-state index in [9.17, 15) is 8.42 Å². The van der Waals surface area contributed by atoms with Crippen LogP contribution in [-0.4, -0.2) is 26.8 Å². The Morgan fingerprint density at radius 2 is 2.00 bits per heavy atom. The highest BCUT2D eigenvalue weighted by atomic mass is 35.5. The lowest BCUT2D eigenvalue weighted by atomic mass is 10.2. The molecule has 1 rings (SSSR count). The second-order valence-corrected chi connectivity index (χ2v) is 7.42. The molecule has 1 N–H and O–H groups in total. The molecule has 1 atom stereocenters. The zero-order valence-electron chi connectivity index (χ0n) is 11.5. The third-order valence-corrected chi connectivity index (χ3v) is 4.92. The minimum Gasteiger partial charge on any atom is -0.314 e. The van der Waals surface area contributed by atoms with Crippen molar-refractivity contribution >= 4 is 21.4 Å². The third-order valence-electron chi connectivity index (χ3n) is 2.94. The van der Waals surface area contributed by atoms with E-state index in [0.717, 1.165) is 13.0 Å². The van der Waals surface area contributed by atoms with Crippen LogP contribution in [0.2, 0.25) is 5.02 Å².